The predicted octanol–water partition coefficient (Wildman–Crippen LogP) is 0.895. The SMILES string of the molecule is CCC(CO)Nc1nc(Cl)cnc1N. The lowest BCUT2D eigenvalue weighted by Gasteiger charge is -2.15. The first-order valence-corrected chi connectivity index (χ1v) is 4.70. The normalized spacial score (nSPS) is 12.5. The minimum Gasteiger partial charge on any atom is -0.394 e. The summed E-state index contributed by atoms with van der Waals surface area (Å²) >= 11 is 5.65. The Balaban J connectivity index is 2.79. The Labute approximate surface area is 87.3 Å². The largest absolute Gasteiger partial charge is 0.394 e. The number of aliphatic hydroxyl groups is 1. The lowest BCUT2D eigenvalue weighted by atomic mass is 10.2. The van der Waals surface area contributed by atoms with Crippen molar-refractivity contribution in [1.82, 2.24) is 9.97 Å². The van der Waals surface area contributed by atoms with Gasteiger partial charge >= 0.3 is 0 Å². The van der Waals surface area contributed by atoms with Crippen molar-refractivity contribution in [3.63, 3.8) is 0 Å². The molecule has 1 unspecified atom stereocenters. The molecule has 4 N–H and O–H groups in total. The fraction of sp³-hybridized carbons (Fsp3) is 0.500. The minimum absolute atomic E-state index is 0.0180. The van der Waals surface area contributed by atoms with Crippen molar-refractivity contribution in [2.75, 3.05) is 17.7 Å². The number of hydrogen-bond acceptors (Lipinski definition) is 5. The highest BCUT2D eigenvalue weighted by Crippen LogP contribution is 2.16. The summed E-state index contributed by atoms with van der Waals surface area (Å²) in [6.07, 6.45) is 2.14. The second-order valence-electron chi connectivity index (χ2n) is 2.86. The highest BCUT2D eigenvalue weighted by Gasteiger charge is 2.08. The highest BCUT2D eigenvalue weighted by molar-refractivity contribution is 6.29. The topological polar surface area (TPSA) is 84.1 Å². The van der Waals surface area contributed by atoms with Crippen molar-refractivity contribution in [3.8, 4) is 0 Å². The molecule has 0 amide bonds. The summed E-state index contributed by atoms with van der Waals surface area (Å²) < 4.78 is 0. The molecule has 14 heavy (non-hydrogen) atoms. The average Bonchev–Trinajstić information content (AvgIpc) is 2.19. The molecule has 0 aromatic carbocycles. The zero-order chi connectivity index (χ0) is 10.6. The van der Waals surface area contributed by atoms with E-state index in [-0.39, 0.29) is 23.6 Å². The van der Waals surface area contributed by atoms with E-state index >= 15 is 0 Å². The standard InChI is InChI=1S/C8H13ClN4O/c1-2-5(4-14)12-8-7(10)11-3-6(9)13-8/h3,5,14H,2,4H2,1H3,(H2,10,11)(H,12,13). The van der Waals surface area contributed by atoms with E-state index < -0.39 is 0 Å². The van der Waals surface area contributed by atoms with Crippen LogP contribution < -0.4 is 11.1 Å². The van der Waals surface area contributed by atoms with Crippen LogP contribution >= 0.6 is 11.6 Å². The second kappa shape index (κ2) is 4.97. The Morgan fingerprint density at radius 3 is 3.00 bits per heavy atom. The highest BCUT2D eigenvalue weighted by atomic mass is 35.5. The van der Waals surface area contributed by atoms with E-state index in [9.17, 15) is 0 Å². The summed E-state index contributed by atoms with van der Waals surface area (Å²) in [4.78, 5) is 7.80. The molecule has 0 aliphatic carbocycles. The van der Waals surface area contributed by atoms with Crippen LogP contribution in [0.25, 0.3) is 0 Å². The zero-order valence-electron chi connectivity index (χ0n) is 7.87. The molecule has 1 aromatic heterocycles. The van der Waals surface area contributed by atoms with E-state index in [1.807, 2.05) is 6.92 Å². The first-order valence-electron chi connectivity index (χ1n) is 4.32. The van der Waals surface area contributed by atoms with Gasteiger partial charge < -0.3 is 16.2 Å². The number of anilines is 2. The number of halogens is 1. The second-order valence-corrected chi connectivity index (χ2v) is 3.25. The molecular weight excluding hydrogens is 204 g/mol. The Morgan fingerprint density at radius 1 is 1.71 bits per heavy atom. The van der Waals surface area contributed by atoms with Crippen LogP contribution in [0.5, 0.6) is 0 Å². The van der Waals surface area contributed by atoms with E-state index in [2.05, 4.69) is 15.3 Å². The Hall–Kier alpha value is -1.07. The van der Waals surface area contributed by atoms with Crippen LogP contribution in [0.4, 0.5) is 11.6 Å². The van der Waals surface area contributed by atoms with Gasteiger partial charge in [-0.3, -0.25) is 0 Å². The molecule has 0 spiro atoms. The maximum Gasteiger partial charge on any atom is 0.170 e. The number of nitrogen functional groups attached to an aromatic ring is 1. The molecule has 0 bridgehead atoms. The zero-order valence-corrected chi connectivity index (χ0v) is 8.62. The van der Waals surface area contributed by atoms with Crippen molar-refractivity contribution in [3.05, 3.63) is 11.3 Å². The van der Waals surface area contributed by atoms with Gasteiger partial charge in [-0.2, -0.15) is 0 Å². The molecule has 0 aliphatic heterocycles. The number of hydrogen-bond donors (Lipinski definition) is 3. The molecule has 1 aromatic rings. The van der Waals surface area contributed by atoms with Gasteiger partial charge in [-0.15, -0.1) is 0 Å². The van der Waals surface area contributed by atoms with Gasteiger partial charge in [0.25, 0.3) is 0 Å². The van der Waals surface area contributed by atoms with Gasteiger partial charge in [-0.05, 0) is 6.42 Å². The maximum atomic E-state index is 8.96. The molecule has 0 fully saturated rings. The van der Waals surface area contributed by atoms with Gasteiger partial charge in [0.05, 0.1) is 18.8 Å². The minimum atomic E-state index is -0.0786. The molecule has 0 radical (unpaired) electrons. The van der Waals surface area contributed by atoms with E-state index in [0.717, 1.165) is 6.42 Å². The number of nitrogens with zero attached hydrogens (tertiary/aromatic N) is 2. The Kier molecular flexibility index (Phi) is 3.91. The van der Waals surface area contributed by atoms with E-state index in [1.54, 1.807) is 0 Å². The quantitative estimate of drug-likeness (QED) is 0.696. The fourth-order valence-electron chi connectivity index (χ4n) is 0.953. The van der Waals surface area contributed by atoms with E-state index in [1.165, 1.54) is 6.20 Å². The van der Waals surface area contributed by atoms with Crippen molar-refractivity contribution >= 4 is 23.2 Å². The van der Waals surface area contributed by atoms with Crippen molar-refractivity contribution in [2.24, 2.45) is 0 Å². The predicted molar refractivity (Wildman–Crippen MR) is 56.2 cm³/mol. The van der Waals surface area contributed by atoms with Gasteiger partial charge in [-0.25, -0.2) is 9.97 Å². The number of aromatic nitrogens is 2. The first kappa shape index (κ1) is 11.0. The van der Waals surface area contributed by atoms with Gasteiger partial charge in [0, 0.05) is 0 Å². The average molecular weight is 217 g/mol. The van der Waals surface area contributed by atoms with E-state index in [4.69, 9.17) is 22.4 Å². The number of nitrogens with one attached hydrogen (secondary N) is 1. The molecule has 1 heterocycles. The smallest absolute Gasteiger partial charge is 0.170 e. The van der Waals surface area contributed by atoms with Crippen LogP contribution in [0.1, 0.15) is 13.3 Å². The van der Waals surface area contributed by atoms with Crippen LogP contribution in [-0.2, 0) is 0 Å². The summed E-state index contributed by atoms with van der Waals surface area (Å²) in [5, 5.41) is 12.2. The summed E-state index contributed by atoms with van der Waals surface area (Å²) in [6.45, 7) is 1.96. The Bertz CT molecular complexity index is 303. The summed E-state index contributed by atoms with van der Waals surface area (Å²) in [5.41, 5.74) is 5.57. The van der Waals surface area contributed by atoms with Crippen LogP contribution in [0.3, 0.4) is 0 Å². The third kappa shape index (κ3) is 2.71. The van der Waals surface area contributed by atoms with Crippen molar-refractivity contribution < 1.29 is 5.11 Å². The van der Waals surface area contributed by atoms with E-state index in [0.29, 0.717) is 5.82 Å². The third-order valence-electron chi connectivity index (χ3n) is 1.83. The van der Waals surface area contributed by atoms with Gasteiger partial charge in [0.1, 0.15) is 5.15 Å². The molecule has 1 rings (SSSR count). The van der Waals surface area contributed by atoms with Gasteiger partial charge in [0.15, 0.2) is 11.6 Å². The third-order valence-corrected chi connectivity index (χ3v) is 2.01. The van der Waals surface area contributed by atoms with Crippen molar-refractivity contribution in [2.45, 2.75) is 19.4 Å². The Morgan fingerprint density at radius 2 is 2.43 bits per heavy atom. The molecule has 0 saturated carbocycles. The lowest BCUT2D eigenvalue weighted by molar-refractivity contribution is 0.271. The molecule has 5 nitrogen and oxygen atoms in total. The summed E-state index contributed by atoms with van der Waals surface area (Å²) in [6, 6.07) is -0.0786. The maximum absolute atomic E-state index is 8.96. The number of aliphatic hydroxyl groups excluding tert-OH is 1. The fourth-order valence-corrected chi connectivity index (χ4v) is 1.09. The van der Waals surface area contributed by atoms with Crippen LogP contribution in [0.2, 0.25) is 5.15 Å². The monoisotopic (exact) mass is 216 g/mol. The molecular formula is C8H13ClN4O. The number of rotatable bonds is 4. The first-order chi connectivity index (χ1) is 6.67. The summed E-state index contributed by atoms with van der Waals surface area (Å²) in [7, 11) is 0. The van der Waals surface area contributed by atoms with Gasteiger partial charge in [0.2, 0.25) is 0 Å². The number of nitrogens with two attached hydrogens (primary N) is 1. The van der Waals surface area contributed by atoms with Crippen LogP contribution in [0.15, 0.2) is 6.20 Å². The summed E-state index contributed by atoms with van der Waals surface area (Å²) in [5.74, 6) is 0.694. The molecule has 6 heteroatoms. The lowest BCUT2D eigenvalue weighted by Crippen LogP contribution is -2.24. The molecule has 0 saturated heterocycles. The van der Waals surface area contributed by atoms with Crippen molar-refractivity contribution in [1.29, 1.82) is 0 Å². The molecule has 78 valence electrons. The van der Waals surface area contributed by atoms with Crippen LogP contribution in [-0.4, -0.2) is 27.7 Å². The van der Waals surface area contributed by atoms with Gasteiger partial charge in [-0.1, -0.05) is 18.5 Å². The van der Waals surface area contributed by atoms with Crippen LogP contribution in [0, 0.1) is 0 Å². The molecule has 1 atom stereocenters. The molecule has 0 aliphatic rings.